The molecule has 0 aliphatic rings. The lowest BCUT2D eigenvalue weighted by molar-refractivity contribution is 0.631. The second kappa shape index (κ2) is 3.35. The van der Waals surface area contributed by atoms with E-state index >= 15 is 0 Å². The molecule has 4 heteroatoms. The summed E-state index contributed by atoms with van der Waals surface area (Å²) in [5.74, 6) is -0.547. The highest BCUT2D eigenvalue weighted by Crippen LogP contribution is 2.22. The molecule has 1 aromatic carbocycles. The van der Waals surface area contributed by atoms with E-state index in [0.717, 1.165) is 0 Å². The predicted octanol–water partition coefficient (Wildman–Crippen LogP) is 2.64. The van der Waals surface area contributed by atoms with Gasteiger partial charge in [-0.1, -0.05) is 11.6 Å². The zero-order valence-electron chi connectivity index (χ0n) is 8.34. The number of hydrogen-bond donors (Lipinski definition) is 0. The topological polar surface area (TPSA) is 22.0 Å². The lowest BCUT2D eigenvalue weighted by atomic mass is 10.1. The van der Waals surface area contributed by atoms with Gasteiger partial charge >= 0.3 is 0 Å². The maximum absolute atomic E-state index is 13.7. The smallest absolute Gasteiger partial charge is 0.192 e. The molecule has 0 saturated carbocycles. The van der Waals surface area contributed by atoms with Crippen molar-refractivity contribution < 1.29 is 4.39 Å². The van der Waals surface area contributed by atoms with Crippen LogP contribution in [0.1, 0.15) is 5.56 Å². The number of hydrogen-bond acceptors (Lipinski definition) is 1. The molecule has 1 heterocycles. The first-order valence-corrected chi connectivity index (χ1v) is 4.84. The number of rotatable bonds is 0. The molecule has 0 fully saturated rings. The minimum Gasteiger partial charge on any atom is -0.348 e. The summed E-state index contributed by atoms with van der Waals surface area (Å²) >= 11 is 5.66. The van der Waals surface area contributed by atoms with Crippen LogP contribution in [0.4, 0.5) is 4.39 Å². The van der Waals surface area contributed by atoms with Crippen LogP contribution in [0.2, 0.25) is 5.02 Å². The summed E-state index contributed by atoms with van der Waals surface area (Å²) < 4.78 is 15.3. The van der Waals surface area contributed by atoms with Crippen molar-refractivity contribution >= 4 is 22.5 Å². The summed E-state index contributed by atoms with van der Waals surface area (Å²) in [4.78, 5) is 11.7. The second-order valence-electron chi connectivity index (χ2n) is 3.51. The van der Waals surface area contributed by atoms with E-state index < -0.39 is 5.82 Å². The third kappa shape index (κ3) is 1.43. The van der Waals surface area contributed by atoms with Gasteiger partial charge in [-0.25, -0.2) is 4.39 Å². The minimum absolute atomic E-state index is 0.0290. The van der Waals surface area contributed by atoms with Gasteiger partial charge in [-0.05, 0) is 19.1 Å². The van der Waals surface area contributed by atoms with Gasteiger partial charge in [-0.15, -0.1) is 0 Å². The Morgan fingerprint density at radius 3 is 2.73 bits per heavy atom. The van der Waals surface area contributed by atoms with Gasteiger partial charge in [0.15, 0.2) is 11.2 Å². The molecule has 0 aliphatic heterocycles. The highest BCUT2D eigenvalue weighted by molar-refractivity contribution is 6.31. The number of pyridine rings is 1. The van der Waals surface area contributed by atoms with Gasteiger partial charge in [0, 0.05) is 24.2 Å². The third-order valence-corrected chi connectivity index (χ3v) is 2.70. The van der Waals surface area contributed by atoms with Crippen LogP contribution in [0.3, 0.4) is 0 Å². The van der Waals surface area contributed by atoms with Crippen molar-refractivity contribution in [3.8, 4) is 0 Å². The number of fused-ring (bicyclic) bond motifs is 1. The molecule has 2 nitrogen and oxygen atoms in total. The molecular weight excluding hydrogens is 217 g/mol. The maximum atomic E-state index is 13.7. The summed E-state index contributed by atoms with van der Waals surface area (Å²) in [6, 6.07) is 2.95. The van der Waals surface area contributed by atoms with Crippen LogP contribution in [0.15, 0.2) is 23.1 Å². The van der Waals surface area contributed by atoms with E-state index in [1.165, 1.54) is 6.07 Å². The first-order valence-electron chi connectivity index (χ1n) is 4.46. The fourth-order valence-electron chi connectivity index (χ4n) is 1.69. The molecule has 0 saturated heterocycles. The van der Waals surface area contributed by atoms with Crippen molar-refractivity contribution in [1.29, 1.82) is 0 Å². The average Bonchev–Trinajstić information content (AvgIpc) is 2.18. The Kier molecular flexibility index (Phi) is 2.27. The molecule has 0 atom stereocenters. The van der Waals surface area contributed by atoms with Gasteiger partial charge < -0.3 is 4.57 Å². The molecular formula is C11H9ClFNO. The largest absolute Gasteiger partial charge is 0.348 e. The lowest BCUT2D eigenvalue weighted by Gasteiger charge is -2.08. The summed E-state index contributed by atoms with van der Waals surface area (Å²) in [5.41, 5.74) is 0.684. The van der Waals surface area contributed by atoms with Gasteiger partial charge in [0.25, 0.3) is 0 Å². The van der Waals surface area contributed by atoms with Gasteiger partial charge in [0.1, 0.15) is 0 Å². The molecule has 15 heavy (non-hydrogen) atoms. The minimum atomic E-state index is -0.547. The Bertz CT molecular complexity index is 604. The van der Waals surface area contributed by atoms with Crippen LogP contribution < -0.4 is 5.43 Å². The molecule has 0 amide bonds. The Balaban J connectivity index is 3.10. The van der Waals surface area contributed by atoms with Crippen molar-refractivity contribution in [2.75, 3.05) is 0 Å². The van der Waals surface area contributed by atoms with Gasteiger partial charge in [-0.3, -0.25) is 4.79 Å². The summed E-state index contributed by atoms with van der Waals surface area (Å²) in [5, 5.41) is 0.390. The van der Waals surface area contributed by atoms with E-state index in [0.29, 0.717) is 10.9 Å². The molecule has 0 aliphatic carbocycles. The van der Waals surface area contributed by atoms with Crippen LogP contribution in [0.25, 0.3) is 10.9 Å². The molecule has 0 bridgehead atoms. The van der Waals surface area contributed by atoms with Gasteiger partial charge in [0.05, 0.1) is 10.5 Å². The maximum Gasteiger partial charge on any atom is 0.192 e. The number of halogens is 2. The zero-order valence-corrected chi connectivity index (χ0v) is 9.10. The van der Waals surface area contributed by atoms with Crippen LogP contribution in [-0.4, -0.2) is 4.57 Å². The normalized spacial score (nSPS) is 10.9. The number of benzene rings is 1. The number of aryl methyl sites for hydroxylation is 2. The first-order chi connectivity index (χ1) is 7.02. The van der Waals surface area contributed by atoms with E-state index in [1.54, 1.807) is 30.8 Å². The van der Waals surface area contributed by atoms with Crippen molar-refractivity contribution in [2.24, 2.45) is 7.05 Å². The Hall–Kier alpha value is -1.35. The van der Waals surface area contributed by atoms with Gasteiger partial charge in [-0.2, -0.15) is 0 Å². The van der Waals surface area contributed by atoms with Crippen molar-refractivity contribution in [3.05, 3.63) is 45.0 Å². The molecule has 1 aromatic heterocycles. The van der Waals surface area contributed by atoms with E-state index in [2.05, 4.69) is 0 Å². The second-order valence-corrected chi connectivity index (χ2v) is 3.92. The van der Waals surface area contributed by atoms with Gasteiger partial charge in [0.2, 0.25) is 0 Å². The molecule has 0 unspecified atom stereocenters. The summed E-state index contributed by atoms with van der Waals surface area (Å²) in [6.45, 7) is 1.70. The summed E-state index contributed by atoms with van der Waals surface area (Å²) in [7, 11) is 1.69. The highest BCUT2D eigenvalue weighted by Gasteiger charge is 2.11. The standard InChI is InChI=1S/C11H9ClFNO/c1-6-5-14(2)10-7(11(6)15)3-4-8(12)9(10)13/h3-5H,1-2H3. The van der Waals surface area contributed by atoms with Crippen LogP contribution in [0.5, 0.6) is 0 Å². The molecule has 78 valence electrons. The van der Waals surface area contributed by atoms with E-state index in [1.807, 2.05) is 0 Å². The van der Waals surface area contributed by atoms with Crippen molar-refractivity contribution in [1.82, 2.24) is 4.57 Å². The van der Waals surface area contributed by atoms with Crippen LogP contribution >= 0.6 is 11.6 Å². The molecule has 2 aromatic rings. The third-order valence-electron chi connectivity index (χ3n) is 2.41. The van der Waals surface area contributed by atoms with E-state index in [4.69, 9.17) is 11.6 Å². The Morgan fingerprint density at radius 2 is 2.07 bits per heavy atom. The first kappa shape index (κ1) is 10.2. The average molecular weight is 226 g/mol. The fourth-order valence-corrected chi connectivity index (χ4v) is 1.85. The van der Waals surface area contributed by atoms with Crippen LogP contribution in [-0.2, 0) is 7.05 Å². The molecule has 0 N–H and O–H groups in total. The Labute approximate surface area is 90.9 Å². The molecule has 0 radical (unpaired) electrons. The quantitative estimate of drug-likeness (QED) is 0.676. The number of nitrogens with zero attached hydrogens (tertiary/aromatic N) is 1. The Morgan fingerprint density at radius 1 is 1.40 bits per heavy atom. The van der Waals surface area contributed by atoms with Crippen LogP contribution in [0, 0.1) is 12.7 Å². The van der Waals surface area contributed by atoms with E-state index in [-0.39, 0.29) is 16.0 Å². The van der Waals surface area contributed by atoms with Crippen molar-refractivity contribution in [2.45, 2.75) is 6.92 Å². The monoisotopic (exact) mass is 225 g/mol. The molecule has 2 rings (SSSR count). The van der Waals surface area contributed by atoms with E-state index in [9.17, 15) is 9.18 Å². The predicted molar refractivity (Wildman–Crippen MR) is 58.9 cm³/mol. The molecule has 0 spiro atoms. The summed E-state index contributed by atoms with van der Waals surface area (Å²) in [6.07, 6.45) is 1.60. The number of aromatic nitrogens is 1. The lowest BCUT2D eigenvalue weighted by Crippen LogP contribution is -2.11. The SMILES string of the molecule is Cc1cn(C)c2c(F)c(Cl)ccc2c1=O. The van der Waals surface area contributed by atoms with Crippen molar-refractivity contribution in [3.63, 3.8) is 0 Å². The zero-order chi connectivity index (χ0) is 11.2. The fraction of sp³-hybridized carbons (Fsp3) is 0.182. The highest BCUT2D eigenvalue weighted by atomic mass is 35.5.